The molecule has 0 saturated carbocycles. The molecule has 7 heavy (non-hydrogen) atoms. The van der Waals surface area contributed by atoms with Gasteiger partial charge in [0.2, 0.25) is 0 Å². The first kappa shape index (κ1) is 10.5. The summed E-state index contributed by atoms with van der Waals surface area (Å²) in [7, 11) is 2.86. The van der Waals surface area contributed by atoms with Crippen molar-refractivity contribution in [3.8, 4) is 0 Å². The number of nitrogens with zero attached hydrogens (tertiary/aromatic N) is 1. The van der Waals surface area contributed by atoms with E-state index in [4.69, 9.17) is 0 Å². The zero-order valence-corrected chi connectivity index (χ0v) is 7.18. The van der Waals surface area contributed by atoms with Crippen molar-refractivity contribution in [3.05, 3.63) is 0 Å². The van der Waals surface area contributed by atoms with Gasteiger partial charge in [-0.05, 0) is 7.05 Å². The quantitative estimate of drug-likeness (QED) is 0.324. The predicted octanol–water partition coefficient (Wildman–Crippen LogP) is -0.456. The first-order valence-corrected chi connectivity index (χ1v) is 1.47. The van der Waals surface area contributed by atoms with Crippen molar-refractivity contribution >= 4 is 6.41 Å². The minimum Gasteiger partial charge on any atom is -0.517 e. The Bertz CT molecular complexity index is 50.2. The third kappa shape index (κ3) is 6.53. The van der Waals surface area contributed by atoms with Gasteiger partial charge in [0.25, 0.3) is 0 Å². The molecule has 0 aromatic carbocycles. The van der Waals surface area contributed by atoms with Crippen molar-refractivity contribution in [2.75, 3.05) is 14.2 Å². The van der Waals surface area contributed by atoms with E-state index in [1.165, 1.54) is 20.6 Å². The number of hydroxylamine groups is 2. The van der Waals surface area contributed by atoms with Crippen LogP contribution in [-0.4, -0.2) is 25.6 Å². The van der Waals surface area contributed by atoms with Gasteiger partial charge in [0.15, 0.2) is 0 Å². The molecule has 0 spiro atoms. The number of hydrogen-bond donors (Lipinski definition) is 0. The molecule has 0 rings (SSSR count). The molecule has 39 valence electrons. The van der Waals surface area contributed by atoms with Gasteiger partial charge in [-0.15, -0.1) is 6.41 Å². The van der Waals surface area contributed by atoms with E-state index in [0.717, 1.165) is 5.06 Å². The Hall–Kier alpha value is 0.534. The molecule has 0 aliphatic carbocycles. The van der Waals surface area contributed by atoms with E-state index in [9.17, 15) is 4.79 Å². The number of amides is 1. The van der Waals surface area contributed by atoms with Gasteiger partial charge in [0, 0.05) is 32.7 Å². The summed E-state index contributed by atoms with van der Waals surface area (Å²) in [5.74, 6) is 0. The molecule has 0 aromatic rings. The van der Waals surface area contributed by atoms with Crippen molar-refractivity contribution in [3.63, 3.8) is 0 Å². The Morgan fingerprint density at radius 1 is 1.71 bits per heavy atom. The summed E-state index contributed by atoms with van der Waals surface area (Å²) in [6, 6.07) is 0. The van der Waals surface area contributed by atoms with Crippen LogP contribution in [0.4, 0.5) is 0 Å². The zero-order chi connectivity index (χ0) is 4.99. The van der Waals surface area contributed by atoms with Crippen LogP contribution in [0.5, 0.6) is 0 Å². The molecule has 0 unspecified atom stereocenters. The maximum Gasteiger partial charge on any atom is 0.0604 e. The number of hydrogen-bond acceptors (Lipinski definition) is 2. The van der Waals surface area contributed by atoms with Crippen LogP contribution in [0.25, 0.3) is 0 Å². The molecule has 0 atom stereocenters. The molecular formula is C3H6NO2Y-. The fraction of sp³-hybridized carbons (Fsp3) is 0.667. The minimum absolute atomic E-state index is 0. The summed E-state index contributed by atoms with van der Waals surface area (Å²) < 4.78 is 0. The summed E-state index contributed by atoms with van der Waals surface area (Å²) >= 11 is 0. The largest absolute Gasteiger partial charge is 0.517 e. The SMILES string of the molecule is CON(C)[C-]=O.[Y]. The first-order chi connectivity index (χ1) is 2.81. The Morgan fingerprint density at radius 3 is 2.14 bits per heavy atom. The number of carbonyl (C=O) groups excluding carboxylic acids is 1. The Labute approximate surface area is 67.8 Å². The van der Waals surface area contributed by atoms with Gasteiger partial charge in [-0.1, -0.05) is 0 Å². The molecule has 0 heterocycles. The predicted molar refractivity (Wildman–Crippen MR) is 20.5 cm³/mol. The van der Waals surface area contributed by atoms with E-state index in [2.05, 4.69) is 4.84 Å². The second kappa shape index (κ2) is 6.53. The van der Waals surface area contributed by atoms with Gasteiger partial charge in [0.1, 0.15) is 0 Å². The van der Waals surface area contributed by atoms with Crippen LogP contribution < -0.4 is 0 Å². The average Bonchev–Trinajstić information content (AvgIpc) is 1.65. The Kier molecular flexibility index (Phi) is 9.80. The van der Waals surface area contributed by atoms with Gasteiger partial charge < -0.3 is 14.7 Å². The van der Waals surface area contributed by atoms with Crippen LogP contribution in [-0.2, 0) is 42.3 Å². The van der Waals surface area contributed by atoms with E-state index in [-0.39, 0.29) is 32.7 Å². The molecule has 0 aliphatic heterocycles. The van der Waals surface area contributed by atoms with Gasteiger partial charge in [0.05, 0.1) is 7.11 Å². The third-order valence-corrected chi connectivity index (χ3v) is 0.402. The third-order valence-electron chi connectivity index (χ3n) is 0.402. The molecule has 0 N–H and O–H groups in total. The maximum atomic E-state index is 9.41. The van der Waals surface area contributed by atoms with E-state index in [1.807, 2.05) is 0 Å². The van der Waals surface area contributed by atoms with Crippen LogP contribution in [0.15, 0.2) is 0 Å². The fourth-order valence-electron chi connectivity index (χ4n) is 0.0373. The van der Waals surface area contributed by atoms with Gasteiger partial charge >= 0.3 is 0 Å². The summed E-state index contributed by atoms with van der Waals surface area (Å²) in [4.78, 5) is 13.7. The smallest absolute Gasteiger partial charge is 0.0604 e. The molecule has 1 radical (unpaired) electrons. The zero-order valence-electron chi connectivity index (χ0n) is 4.34. The summed E-state index contributed by atoms with van der Waals surface area (Å²) in [5.41, 5.74) is 0. The second-order valence-electron chi connectivity index (χ2n) is 0.771. The molecule has 0 saturated heterocycles. The topological polar surface area (TPSA) is 29.5 Å². The van der Waals surface area contributed by atoms with Crippen molar-refractivity contribution in [2.24, 2.45) is 0 Å². The van der Waals surface area contributed by atoms with Gasteiger partial charge in [-0.25, -0.2) is 0 Å². The Morgan fingerprint density at radius 2 is 2.14 bits per heavy atom. The summed E-state index contributed by atoms with van der Waals surface area (Å²) in [6.07, 6.45) is 1.48. The van der Waals surface area contributed by atoms with E-state index in [0.29, 0.717) is 0 Å². The first-order valence-electron chi connectivity index (χ1n) is 1.47. The van der Waals surface area contributed by atoms with Crippen LogP contribution in [0.2, 0.25) is 0 Å². The van der Waals surface area contributed by atoms with E-state index < -0.39 is 0 Å². The van der Waals surface area contributed by atoms with Gasteiger partial charge in [-0.2, -0.15) is 0 Å². The van der Waals surface area contributed by atoms with Crippen LogP contribution in [0.1, 0.15) is 0 Å². The number of rotatable bonds is 2. The van der Waals surface area contributed by atoms with E-state index in [1.54, 1.807) is 0 Å². The summed E-state index contributed by atoms with van der Waals surface area (Å²) in [6.45, 7) is 0. The van der Waals surface area contributed by atoms with Gasteiger partial charge in [-0.3, -0.25) is 0 Å². The van der Waals surface area contributed by atoms with Crippen LogP contribution >= 0.6 is 0 Å². The average molecular weight is 177 g/mol. The maximum absolute atomic E-state index is 9.41. The van der Waals surface area contributed by atoms with Crippen molar-refractivity contribution < 1.29 is 42.3 Å². The Balaban J connectivity index is 0. The van der Waals surface area contributed by atoms with Crippen molar-refractivity contribution in [1.29, 1.82) is 0 Å². The standard InChI is InChI=1S/C3H6NO2.Y/c1-4(3-5)6-2;/h1-2H3;/q-1;. The minimum atomic E-state index is 0. The van der Waals surface area contributed by atoms with Crippen LogP contribution in [0, 0.1) is 0 Å². The van der Waals surface area contributed by atoms with Crippen molar-refractivity contribution in [1.82, 2.24) is 5.06 Å². The molecular weight excluding hydrogens is 171 g/mol. The molecule has 0 bridgehead atoms. The molecule has 0 fully saturated rings. The normalized spacial score (nSPS) is 6.57. The van der Waals surface area contributed by atoms with Crippen LogP contribution in [0.3, 0.4) is 0 Å². The molecule has 0 aliphatic rings. The molecule has 1 amide bonds. The monoisotopic (exact) mass is 177 g/mol. The molecule has 0 aromatic heterocycles. The second-order valence-corrected chi connectivity index (χ2v) is 0.771. The molecule has 3 nitrogen and oxygen atoms in total. The fourth-order valence-corrected chi connectivity index (χ4v) is 0.0373. The summed E-state index contributed by atoms with van der Waals surface area (Å²) in [5, 5.41) is 0.944. The van der Waals surface area contributed by atoms with Crippen molar-refractivity contribution in [2.45, 2.75) is 0 Å². The van der Waals surface area contributed by atoms with E-state index >= 15 is 0 Å². The molecule has 4 heteroatoms.